The predicted molar refractivity (Wildman–Crippen MR) is 64.1 cm³/mol. The van der Waals surface area contributed by atoms with Crippen LogP contribution in [0.3, 0.4) is 0 Å². The van der Waals surface area contributed by atoms with E-state index in [-0.39, 0.29) is 12.1 Å². The molecule has 0 aliphatic rings. The van der Waals surface area contributed by atoms with E-state index in [2.05, 4.69) is 6.92 Å². The predicted octanol–water partition coefficient (Wildman–Crippen LogP) is 2.22. The molecule has 0 bridgehead atoms. The number of carbonyl (C=O) groups excluding carboxylic acids is 1. The number of ether oxygens (including phenoxy) is 1. The molecule has 0 saturated carbocycles. The topological polar surface area (TPSA) is 46.5 Å². The van der Waals surface area contributed by atoms with Crippen LogP contribution < -0.4 is 0 Å². The van der Waals surface area contributed by atoms with E-state index in [1.165, 1.54) is 0 Å². The summed E-state index contributed by atoms with van der Waals surface area (Å²) in [5.74, 6) is 0.748. The minimum atomic E-state index is -0.365. The number of rotatable bonds is 9. The van der Waals surface area contributed by atoms with Crippen molar-refractivity contribution in [3.63, 3.8) is 0 Å². The van der Waals surface area contributed by atoms with E-state index in [1.807, 2.05) is 6.26 Å². The molecule has 0 saturated heterocycles. The van der Waals surface area contributed by atoms with Gasteiger partial charge in [0.05, 0.1) is 12.7 Å². The lowest BCUT2D eigenvalue weighted by molar-refractivity contribution is -0.144. The lowest BCUT2D eigenvalue weighted by Gasteiger charge is -2.09. The first-order valence-electron chi connectivity index (χ1n) is 5.53. The third kappa shape index (κ3) is 10.1. The van der Waals surface area contributed by atoms with E-state index in [1.54, 1.807) is 11.8 Å². The van der Waals surface area contributed by atoms with Crippen LogP contribution in [0.4, 0.5) is 0 Å². The number of esters is 1. The smallest absolute Gasteiger partial charge is 0.305 e. The zero-order valence-corrected chi connectivity index (χ0v) is 10.5. The second kappa shape index (κ2) is 10.3. The summed E-state index contributed by atoms with van der Waals surface area (Å²) in [6.07, 6.45) is 5.20. The maximum Gasteiger partial charge on any atom is 0.305 e. The maximum atomic E-state index is 11.2. The Morgan fingerprint density at radius 2 is 2.20 bits per heavy atom. The Kier molecular flexibility index (Phi) is 10.2. The molecule has 0 aliphatic carbocycles. The second-order valence-corrected chi connectivity index (χ2v) is 4.53. The fraction of sp³-hybridized carbons (Fsp3) is 0.909. The van der Waals surface area contributed by atoms with Gasteiger partial charge in [0.25, 0.3) is 0 Å². The number of unbranched alkanes of at least 4 members (excludes halogenated alkanes) is 1. The Morgan fingerprint density at radius 1 is 1.47 bits per heavy atom. The van der Waals surface area contributed by atoms with Crippen molar-refractivity contribution < 1.29 is 14.6 Å². The molecule has 0 fully saturated rings. The van der Waals surface area contributed by atoms with E-state index in [4.69, 9.17) is 4.74 Å². The molecular formula is C11H22O3S. The molecule has 15 heavy (non-hydrogen) atoms. The monoisotopic (exact) mass is 234 g/mol. The maximum absolute atomic E-state index is 11.2. The second-order valence-electron chi connectivity index (χ2n) is 3.55. The molecule has 0 spiro atoms. The highest BCUT2D eigenvalue weighted by molar-refractivity contribution is 7.98. The van der Waals surface area contributed by atoms with Crippen molar-refractivity contribution in [2.24, 2.45) is 0 Å². The van der Waals surface area contributed by atoms with Crippen molar-refractivity contribution in [1.29, 1.82) is 0 Å². The van der Waals surface area contributed by atoms with Crippen molar-refractivity contribution >= 4 is 17.7 Å². The summed E-state index contributed by atoms with van der Waals surface area (Å²) in [4.78, 5) is 11.2. The first kappa shape index (κ1) is 14.8. The van der Waals surface area contributed by atoms with Gasteiger partial charge in [-0.25, -0.2) is 0 Å². The van der Waals surface area contributed by atoms with Crippen LogP contribution in [0.5, 0.6) is 0 Å². The Balaban J connectivity index is 3.36. The standard InChI is InChI=1S/C11H22O3S/c1-3-4-8-14-11(13)6-5-10(12)7-9-15-2/h10,12H,3-9H2,1-2H3. The largest absolute Gasteiger partial charge is 0.466 e. The van der Waals surface area contributed by atoms with E-state index in [0.717, 1.165) is 25.0 Å². The van der Waals surface area contributed by atoms with Crippen molar-refractivity contribution in [2.75, 3.05) is 18.6 Å². The van der Waals surface area contributed by atoms with E-state index >= 15 is 0 Å². The van der Waals surface area contributed by atoms with Crippen LogP contribution in [0.1, 0.15) is 39.0 Å². The average molecular weight is 234 g/mol. The third-order valence-corrected chi connectivity index (χ3v) is 2.74. The Bertz CT molecular complexity index is 162. The molecule has 0 heterocycles. The van der Waals surface area contributed by atoms with Gasteiger partial charge in [0.1, 0.15) is 0 Å². The van der Waals surface area contributed by atoms with Crippen LogP contribution in [-0.4, -0.2) is 35.8 Å². The minimum Gasteiger partial charge on any atom is -0.466 e. The van der Waals surface area contributed by atoms with Gasteiger partial charge in [-0.1, -0.05) is 13.3 Å². The van der Waals surface area contributed by atoms with Crippen LogP contribution in [0.15, 0.2) is 0 Å². The number of carbonyl (C=O) groups is 1. The van der Waals surface area contributed by atoms with Gasteiger partial charge in [-0.3, -0.25) is 4.79 Å². The van der Waals surface area contributed by atoms with Gasteiger partial charge in [-0.15, -0.1) is 0 Å². The summed E-state index contributed by atoms with van der Waals surface area (Å²) in [5.41, 5.74) is 0. The third-order valence-electron chi connectivity index (χ3n) is 2.10. The number of aliphatic hydroxyl groups excluding tert-OH is 1. The molecule has 0 aromatic rings. The molecule has 0 amide bonds. The normalized spacial score (nSPS) is 12.5. The molecule has 0 radical (unpaired) electrons. The molecular weight excluding hydrogens is 212 g/mol. The summed E-state index contributed by atoms with van der Waals surface area (Å²) >= 11 is 1.70. The lowest BCUT2D eigenvalue weighted by atomic mass is 10.1. The highest BCUT2D eigenvalue weighted by atomic mass is 32.2. The quantitative estimate of drug-likeness (QED) is 0.491. The minimum absolute atomic E-state index is 0.188. The summed E-state index contributed by atoms with van der Waals surface area (Å²) in [6.45, 7) is 2.57. The van der Waals surface area contributed by atoms with Gasteiger partial charge in [-0.2, -0.15) is 11.8 Å². The summed E-state index contributed by atoms with van der Waals surface area (Å²) in [6, 6.07) is 0. The number of thioether (sulfide) groups is 1. The molecule has 0 aliphatic heterocycles. The molecule has 90 valence electrons. The van der Waals surface area contributed by atoms with Gasteiger partial charge < -0.3 is 9.84 Å². The van der Waals surface area contributed by atoms with Crippen LogP contribution in [0.2, 0.25) is 0 Å². The first-order valence-corrected chi connectivity index (χ1v) is 6.92. The fourth-order valence-corrected chi connectivity index (χ4v) is 1.59. The van der Waals surface area contributed by atoms with Gasteiger partial charge in [0.15, 0.2) is 0 Å². The van der Waals surface area contributed by atoms with E-state index < -0.39 is 0 Å². The van der Waals surface area contributed by atoms with Gasteiger partial charge in [0, 0.05) is 6.42 Å². The summed E-state index contributed by atoms with van der Waals surface area (Å²) in [5, 5.41) is 9.48. The molecule has 1 unspecified atom stereocenters. The fourth-order valence-electron chi connectivity index (χ4n) is 1.09. The van der Waals surface area contributed by atoms with Crippen molar-refractivity contribution in [3.05, 3.63) is 0 Å². The van der Waals surface area contributed by atoms with Crippen LogP contribution in [0.25, 0.3) is 0 Å². The van der Waals surface area contributed by atoms with Gasteiger partial charge >= 0.3 is 5.97 Å². The first-order chi connectivity index (χ1) is 7.20. The van der Waals surface area contributed by atoms with Crippen LogP contribution >= 0.6 is 11.8 Å². The number of hydrogen-bond acceptors (Lipinski definition) is 4. The van der Waals surface area contributed by atoms with Crippen LogP contribution in [-0.2, 0) is 9.53 Å². The van der Waals surface area contributed by atoms with E-state index in [0.29, 0.717) is 19.4 Å². The van der Waals surface area contributed by atoms with Gasteiger partial charge in [0.2, 0.25) is 0 Å². The highest BCUT2D eigenvalue weighted by Crippen LogP contribution is 2.07. The molecule has 0 aromatic carbocycles. The summed E-state index contributed by atoms with van der Waals surface area (Å²) in [7, 11) is 0. The highest BCUT2D eigenvalue weighted by Gasteiger charge is 2.08. The Morgan fingerprint density at radius 3 is 2.80 bits per heavy atom. The molecule has 1 atom stereocenters. The van der Waals surface area contributed by atoms with Crippen molar-refractivity contribution in [3.8, 4) is 0 Å². The van der Waals surface area contributed by atoms with Gasteiger partial charge in [-0.05, 0) is 31.3 Å². The molecule has 0 aromatic heterocycles. The molecule has 0 rings (SSSR count). The molecule has 4 heteroatoms. The average Bonchev–Trinajstić information content (AvgIpc) is 2.24. The SMILES string of the molecule is CCCCOC(=O)CCC(O)CCSC. The number of aliphatic hydroxyl groups is 1. The van der Waals surface area contributed by atoms with E-state index in [9.17, 15) is 9.90 Å². The lowest BCUT2D eigenvalue weighted by Crippen LogP contribution is -2.12. The summed E-state index contributed by atoms with van der Waals surface area (Å²) < 4.78 is 4.98. The Labute approximate surface area is 96.6 Å². The van der Waals surface area contributed by atoms with Crippen molar-refractivity contribution in [2.45, 2.75) is 45.1 Å². The zero-order chi connectivity index (χ0) is 11.5. The Hall–Kier alpha value is -0.220. The number of hydrogen-bond donors (Lipinski definition) is 1. The van der Waals surface area contributed by atoms with Crippen molar-refractivity contribution in [1.82, 2.24) is 0 Å². The molecule has 3 nitrogen and oxygen atoms in total. The molecule has 1 N–H and O–H groups in total. The zero-order valence-electron chi connectivity index (χ0n) is 9.70. The van der Waals surface area contributed by atoms with Crippen LogP contribution in [0, 0.1) is 0 Å².